The molecule has 1 atom stereocenters. The molecule has 1 aromatic heterocycles. The summed E-state index contributed by atoms with van der Waals surface area (Å²) in [6.07, 6.45) is 0.198. The Hall–Kier alpha value is -3.48. The fourth-order valence-corrected chi connectivity index (χ4v) is 3.51. The normalized spacial score (nSPS) is 15.6. The van der Waals surface area contributed by atoms with Crippen LogP contribution in [-0.2, 0) is 11.3 Å². The number of phenolic OH excluding ortho intramolecular Hbond substituents is 1. The summed E-state index contributed by atoms with van der Waals surface area (Å²) in [5.74, 6) is 0.496. The summed E-state index contributed by atoms with van der Waals surface area (Å²) < 4.78 is 11.1. The van der Waals surface area contributed by atoms with Crippen LogP contribution in [0.25, 0.3) is 11.0 Å². The van der Waals surface area contributed by atoms with Crippen LogP contribution in [0.1, 0.15) is 18.9 Å². The number of hydrogen-bond acceptors (Lipinski definition) is 6. The van der Waals surface area contributed by atoms with Gasteiger partial charge in [-0.3, -0.25) is 4.79 Å². The van der Waals surface area contributed by atoms with Crippen LogP contribution < -0.4 is 20.6 Å². The van der Waals surface area contributed by atoms with Crippen molar-refractivity contribution in [3.05, 3.63) is 64.5 Å². The third-order valence-corrected chi connectivity index (χ3v) is 4.88. The molecule has 0 radical (unpaired) electrons. The fraction of sp³-hybridized carbons (Fsp3) is 0.273. The van der Waals surface area contributed by atoms with Crippen LogP contribution in [0.3, 0.4) is 0 Å². The van der Waals surface area contributed by atoms with Gasteiger partial charge in [-0.15, -0.1) is 0 Å². The summed E-state index contributed by atoms with van der Waals surface area (Å²) in [6, 6.07) is 13.7. The fourth-order valence-electron chi connectivity index (χ4n) is 3.51. The van der Waals surface area contributed by atoms with Gasteiger partial charge >= 0.3 is 5.63 Å². The van der Waals surface area contributed by atoms with E-state index >= 15 is 0 Å². The minimum absolute atomic E-state index is 0.0298. The van der Waals surface area contributed by atoms with Gasteiger partial charge in [0.25, 0.3) is 5.91 Å². The molecule has 7 heteroatoms. The number of aromatic hydroxyl groups is 1. The molecule has 2 aromatic carbocycles. The van der Waals surface area contributed by atoms with Crippen molar-refractivity contribution in [2.75, 3.05) is 18.0 Å². The SMILES string of the molecule is CCCNC(=O)[C@@H]1CN(Cc2cc(=O)oc3cc(O)ccc23)c2ccccc2O1. The van der Waals surface area contributed by atoms with Crippen LogP contribution in [0.2, 0.25) is 0 Å². The highest BCUT2D eigenvalue weighted by Gasteiger charge is 2.30. The summed E-state index contributed by atoms with van der Waals surface area (Å²) in [5, 5.41) is 13.3. The molecule has 29 heavy (non-hydrogen) atoms. The Labute approximate surface area is 167 Å². The van der Waals surface area contributed by atoms with E-state index < -0.39 is 11.7 Å². The summed E-state index contributed by atoms with van der Waals surface area (Å²) in [4.78, 5) is 26.6. The Balaban J connectivity index is 1.69. The predicted molar refractivity (Wildman–Crippen MR) is 109 cm³/mol. The van der Waals surface area contributed by atoms with Gasteiger partial charge in [-0.05, 0) is 36.2 Å². The molecule has 150 valence electrons. The average Bonchev–Trinajstić information content (AvgIpc) is 2.71. The number of nitrogens with one attached hydrogen (secondary N) is 1. The maximum Gasteiger partial charge on any atom is 0.336 e. The maximum absolute atomic E-state index is 12.5. The van der Waals surface area contributed by atoms with Gasteiger partial charge in [-0.25, -0.2) is 4.79 Å². The van der Waals surface area contributed by atoms with Crippen molar-refractivity contribution in [3.8, 4) is 11.5 Å². The minimum atomic E-state index is -0.646. The van der Waals surface area contributed by atoms with Gasteiger partial charge in [-0.2, -0.15) is 0 Å². The zero-order valence-electron chi connectivity index (χ0n) is 16.1. The number of nitrogens with zero attached hydrogens (tertiary/aromatic N) is 1. The highest BCUT2D eigenvalue weighted by atomic mass is 16.5. The number of phenols is 1. The molecule has 1 amide bonds. The Morgan fingerprint density at radius 2 is 2.07 bits per heavy atom. The van der Waals surface area contributed by atoms with E-state index in [1.54, 1.807) is 12.1 Å². The number of rotatable bonds is 5. The Kier molecular flexibility index (Phi) is 5.12. The van der Waals surface area contributed by atoms with Crippen molar-refractivity contribution < 1.29 is 19.1 Å². The molecule has 7 nitrogen and oxygen atoms in total. The van der Waals surface area contributed by atoms with Gasteiger partial charge in [0.15, 0.2) is 6.10 Å². The molecule has 3 aromatic rings. The molecule has 4 rings (SSSR count). The number of carbonyl (C=O) groups is 1. The molecular formula is C22H22N2O5. The van der Waals surface area contributed by atoms with Crippen molar-refractivity contribution >= 4 is 22.6 Å². The molecule has 2 heterocycles. The van der Waals surface area contributed by atoms with Crippen LogP contribution in [0.15, 0.2) is 57.7 Å². The lowest BCUT2D eigenvalue weighted by Crippen LogP contribution is -2.49. The second-order valence-electron chi connectivity index (χ2n) is 7.02. The molecule has 0 unspecified atom stereocenters. The average molecular weight is 394 g/mol. The van der Waals surface area contributed by atoms with E-state index in [0.29, 0.717) is 31.0 Å². The number of benzene rings is 2. The smallest absolute Gasteiger partial charge is 0.336 e. The number of fused-ring (bicyclic) bond motifs is 2. The zero-order valence-corrected chi connectivity index (χ0v) is 16.1. The van der Waals surface area contributed by atoms with Crippen LogP contribution in [-0.4, -0.2) is 30.2 Å². The van der Waals surface area contributed by atoms with Crippen LogP contribution >= 0.6 is 0 Å². The number of hydrogen-bond donors (Lipinski definition) is 2. The van der Waals surface area contributed by atoms with E-state index in [-0.39, 0.29) is 11.7 Å². The molecule has 0 saturated heterocycles. The van der Waals surface area contributed by atoms with Crippen molar-refractivity contribution in [3.63, 3.8) is 0 Å². The first kappa shape index (κ1) is 18.9. The van der Waals surface area contributed by atoms with Gasteiger partial charge in [0, 0.05) is 30.6 Å². The lowest BCUT2D eigenvalue weighted by Gasteiger charge is -2.35. The first-order valence-electron chi connectivity index (χ1n) is 9.59. The number of amides is 1. The first-order chi connectivity index (χ1) is 14.0. The summed E-state index contributed by atoms with van der Waals surface area (Å²) in [6.45, 7) is 3.33. The standard InChI is InChI=1S/C22H22N2O5/c1-2-9-23-22(27)20-13-24(17-5-3-4-6-18(17)28-20)12-14-10-21(26)29-19-11-15(25)7-8-16(14)19/h3-8,10-11,20,25H,2,9,12-13H2,1H3,(H,23,27)/t20-/m0/s1. The zero-order chi connectivity index (χ0) is 20.4. The van der Waals surface area contributed by atoms with E-state index in [0.717, 1.165) is 23.1 Å². The minimum Gasteiger partial charge on any atom is -0.508 e. The number of ether oxygens (including phenoxy) is 1. The highest BCUT2D eigenvalue weighted by molar-refractivity contribution is 5.84. The lowest BCUT2D eigenvalue weighted by atomic mass is 10.1. The molecule has 0 fully saturated rings. The van der Waals surface area contributed by atoms with E-state index in [2.05, 4.69) is 5.32 Å². The summed E-state index contributed by atoms with van der Waals surface area (Å²) in [5.41, 5.74) is 1.44. The van der Waals surface area contributed by atoms with Crippen LogP contribution in [0.5, 0.6) is 11.5 Å². The number of anilines is 1. The molecule has 0 bridgehead atoms. The maximum atomic E-state index is 12.5. The molecule has 0 spiro atoms. The monoisotopic (exact) mass is 394 g/mol. The summed E-state index contributed by atoms with van der Waals surface area (Å²) >= 11 is 0. The Morgan fingerprint density at radius 1 is 1.24 bits per heavy atom. The Bertz CT molecular complexity index is 1110. The third-order valence-electron chi connectivity index (χ3n) is 4.88. The van der Waals surface area contributed by atoms with Gasteiger partial charge in [0.05, 0.1) is 12.2 Å². The van der Waals surface area contributed by atoms with Gasteiger partial charge in [0.2, 0.25) is 0 Å². The van der Waals surface area contributed by atoms with Crippen LogP contribution in [0.4, 0.5) is 5.69 Å². The Morgan fingerprint density at radius 3 is 2.90 bits per heavy atom. The van der Waals surface area contributed by atoms with Gasteiger partial charge in [-0.1, -0.05) is 19.1 Å². The molecule has 0 saturated carbocycles. The van der Waals surface area contributed by atoms with Crippen molar-refractivity contribution in [2.45, 2.75) is 26.0 Å². The summed E-state index contributed by atoms with van der Waals surface area (Å²) in [7, 11) is 0. The van der Waals surface area contributed by atoms with Crippen molar-refractivity contribution in [1.82, 2.24) is 5.32 Å². The van der Waals surface area contributed by atoms with Gasteiger partial charge < -0.3 is 24.5 Å². The lowest BCUT2D eigenvalue weighted by molar-refractivity contribution is -0.127. The molecule has 1 aliphatic heterocycles. The molecular weight excluding hydrogens is 372 g/mol. The third kappa shape index (κ3) is 3.89. The van der Waals surface area contributed by atoms with E-state index in [1.807, 2.05) is 36.1 Å². The van der Waals surface area contributed by atoms with Crippen molar-refractivity contribution in [1.29, 1.82) is 0 Å². The number of carbonyl (C=O) groups excluding carboxylic acids is 1. The largest absolute Gasteiger partial charge is 0.508 e. The second-order valence-corrected chi connectivity index (χ2v) is 7.02. The van der Waals surface area contributed by atoms with E-state index in [9.17, 15) is 14.7 Å². The quantitative estimate of drug-likeness (QED) is 0.647. The molecule has 0 aliphatic carbocycles. The topological polar surface area (TPSA) is 92.0 Å². The highest BCUT2D eigenvalue weighted by Crippen LogP contribution is 2.35. The van der Waals surface area contributed by atoms with Gasteiger partial charge in [0.1, 0.15) is 17.1 Å². The van der Waals surface area contributed by atoms with Crippen LogP contribution in [0, 0.1) is 0 Å². The second kappa shape index (κ2) is 7.87. The first-order valence-corrected chi connectivity index (χ1v) is 9.59. The van der Waals surface area contributed by atoms with E-state index in [4.69, 9.17) is 9.15 Å². The van der Waals surface area contributed by atoms with E-state index in [1.165, 1.54) is 12.1 Å². The van der Waals surface area contributed by atoms with Crippen molar-refractivity contribution in [2.24, 2.45) is 0 Å². The molecule has 2 N–H and O–H groups in total. The predicted octanol–water partition coefficient (Wildman–Crippen LogP) is 2.79. The molecule has 1 aliphatic rings. The number of para-hydroxylation sites is 2.